The number of guanidine groups is 1. The summed E-state index contributed by atoms with van der Waals surface area (Å²) in [5, 5.41) is 5.92. The highest BCUT2D eigenvalue weighted by Gasteiger charge is 2.18. The third-order valence-corrected chi connectivity index (χ3v) is 5.84. The molecule has 0 spiro atoms. The molecule has 1 aromatic rings. The van der Waals surface area contributed by atoms with Crippen LogP contribution in [0.2, 0.25) is 0 Å². The van der Waals surface area contributed by atoms with E-state index in [-0.39, 0.29) is 31.0 Å². The summed E-state index contributed by atoms with van der Waals surface area (Å²) in [6.45, 7) is 2.86. The SMILES string of the molecule is CN=C(NCCS(=O)(=O)NCC1CCCCO1)NC(C)c1ccc(F)c(F)c1. The van der Waals surface area contributed by atoms with Gasteiger partial charge < -0.3 is 15.4 Å². The maximum atomic E-state index is 13.4. The molecule has 0 radical (unpaired) electrons. The molecule has 2 rings (SSSR count). The minimum absolute atomic E-state index is 0.0668. The molecule has 3 N–H and O–H groups in total. The summed E-state index contributed by atoms with van der Waals surface area (Å²) < 4.78 is 58.7. The molecule has 2 atom stereocenters. The average molecular weight is 419 g/mol. The van der Waals surface area contributed by atoms with E-state index in [9.17, 15) is 17.2 Å². The molecule has 1 fully saturated rings. The summed E-state index contributed by atoms with van der Waals surface area (Å²) in [5.41, 5.74) is 0.545. The van der Waals surface area contributed by atoms with Gasteiger partial charge in [0.1, 0.15) is 0 Å². The predicted octanol–water partition coefficient (Wildman–Crippen LogP) is 1.68. The monoisotopic (exact) mass is 418 g/mol. The highest BCUT2D eigenvalue weighted by Crippen LogP contribution is 2.15. The number of nitrogens with one attached hydrogen (secondary N) is 3. The number of hydrogen-bond acceptors (Lipinski definition) is 4. The van der Waals surface area contributed by atoms with Crippen LogP contribution in [-0.4, -0.2) is 53.0 Å². The summed E-state index contributed by atoms with van der Waals surface area (Å²) in [6.07, 6.45) is 2.86. The first-order valence-corrected chi connectivity index (χ1v) is 11.0. The van der Waals surface area contributed by atoms with E-state index in [2.05, 4.69) is 20.3 Å². The Labute approximate surface area is 165 Å². The van der Waals surface area contributed by atoms with E-state index in [1.807, 2.05) is 0 Å². The zero-order chi connectivity index (χ0) is 20.6. The third-order valence-electron chi connectivity index (χ3n) is 4.49. The van der Waals surface area contributed by atoms with Gasteiger partial charge in [-0.15, -0.1) is 0 Å². The van der Waals surface area contributed by atoms with Gasteiger partial charge in [0.15, 0.2) is 17.6 Å². The molecule has 0 saturated carbocycles. The van der Waals surface area contributed by atoms with Crippen LogP contribution in [0.5, 0.6) is 0 Å². The van der Waals surface area contributed by atoms with E-state index < -0.39 is 21.7 Å². The van der Waals surface area contributed by atoms with Gasteiger partial charge in [-0.2, -0.15) is 0 Å². The van der Waals surface area contributed by atoms with E-state index in [4.69, 9.17) is 4.74 Å². The predicted molar refractivity (Wildman–Crippen MR) is 105 cm³/mol. The van der Waals surface area contributed by atoms with Gasteiger partial charge in [-0.25, -0.2) is 21.9 Å². The highest BCUT2D eigenvalue weighted by atomic mass is 32.2. The fourth-order valence-electron chi connectivity index (χ4n) is 2.83. The van der Waals surface area contributed by atoms with E-state index in [1.54, 1.807) is 14.0 Å². The molecule has 10 heteroatoms. The number of hydrogen-bond donors (Lipinski definition) is 3. The lowest BCUT2D eigenvalue weighted by molar-refractivity contribution is 0.0200. The minimum Gasteiger partial charge on any atom is -0.377 e. The summed E-state index contributed by atoms with van der Waals surface area (Å²) in [4.78, 5) is 4.02. The Bertz CT molecular complexity index is 768. The first-order valence-electron chi connectivity index (χ1n) is 9.32. The molecule has 158 valence electrons. The molecule has 0 amide bonds. The van der Waals surface area contributed by atoms with E-state index in [1.165, 1.54) is 6.07 Å². The zero-order valence-electron chi connectivity index (χ0n) is 16.2. The van der Waals surface area contributed by atoms with Crippen LogP contribution >= 0.6 is 0 Å². The van der Waals surface area contributed by atoms with Gasteiger partial charge in [-0.05, 0) is 43.9 Å². The van der Waals surface area contributed by atoms with Gasteiger partial charge in [0.05, 0.1) is 17.9 Å². The van der Waals surface area contributed by atoms with Crippen LogP contribution in [0.3, 0.4) is 0 Å². The van der Waals surface area contributed by atoms with Crippen molar-refractivity contribution in [3.05, 3.63) is 35.4 Å². The first kappa shape index (κ1) is 22.5. The maximum absolute atomic E-state index is 13.4. The summed E-state index contributed by atoms with van der Waals surface area (Å²) in [7, 11) is -1.90. The second-order valence-electron chi connectivity index (χ2n) is 6.69. The van der Waals surface area contributed by atoms with Gasteiger partial charge >= 0.3 is 0 Å². The maximum Gasteiger partial charge on any atom is 0.213 e. The number of rotatable bonds is 8. The van der Waals surface area contributed by atoms with Crippen LogP contribution in [0.1, 0.15) is 37.8 Å². The zero-order valence-corrected chi connectivity index (χ0v) is 17.0. The lowest BCUT2D eigenvalue weighted by atomic mass is 10.1. The van der Waals surface area contributed by atoms with Crippen molar-refractivity contribution in [2.45, 2.75) is 38.3 Å². The average Bonchev–Trinajstić information content (AvgIpc) is 2.68. The van der Waals surface area contributed by atoms with Crippen molar-refractivity contribution in [3.8, 4) is 0 Å². The number of ether oxygens (including phenoxy) is 1. The van der Waals surface area contributed by atoms with Crippen molar-refractivity contribution in [3.63, 3.8) is 0 Å². The Morgan fingerprint density at radius 2 is 2.11 bits per heavy atom. The summed E-state index contributed by atoms with van der Waals surface area (Å²) >= 11 is 0. The second kappa shape index (κ2) is 10.7. The fourth-order valence-corrected chi connectivity index (χ4v) is 3.78. The molecule has 1 saturated heterocycles. The van der Waals surface area contributed by atoms with Gasteiger partial charge in [0.25, 0.3) is 0 Å². The van der Waals surface area contributed by atoms with Crippen LogP contribution in [0.4, 0.5) is 8.78 Å². The Hall–Kier alpha value is -1.78. The van der Waals surface area contributed by atoms with Crippen molar-refractivity contribution in [2.24, 2.45) is 4.99 Å². The lowest BCUT2D eigenvalue weighted by Gasteiger charge is -2.22. The van der Waals surface area contributed by atoms with Crippen LogP contribution in [0.15, 0.2) is 23.2 Å². The molecule has 0 bridgehead atoms. The Balaban J connectivity index is 1.77. The molecule has 1 heterocycles. The van der Waals surface area contributed by atoms with Gasteiger partial charge in [-0.1, -0.05) is 6.07 Å². The number of halogens is 2. The topological polar surface area (TPSA) is 91.8 Å². The number of sulfonamides is 1. The van der Waals surface area contributed by atoms with Crippen molar-refractivity contribution >= 4 is 16.0 Å². The Morgan fingerprint density at radius 3 is 2.75 bits per heavy atom. The van der Waals surface area contributed by atoms with Crippen molar-refractivity contribution in [1.29, 1.82) is 0 Å². The Morgan fingerprint density at radius 1 is 1.32 bits per heavy atom. The molecule has 28 heavy (non-hydrogen) atoms. The molecule has 1 aliphatic heterocycles. The fraction of sp³-hybridized carbons (Fsp3) is 0.611. The first-order chi connectivity index (χ1) is 13.3. The lowest BCUT2D eigenvalue weighted by Crippen LogP contribution is -2.43. The molecule has 1 aromatic carbocycles. The van der Waals surface area contributed by atoms with Gasteiger partial charge in [-0.3, -0.25) is 4.99 Å². The standard InChI is InChI=1S/C18H28F2N4O3S/c1-13(14-6-7-16(19)17(20)11-14)24-18(21-2)22-8-10-28(25,26)23-12-15-5-3-4-9-27-15/h6-7,11,13,15,23H,3-5,8-10,12H2,1-2H3,(H2,21,22,24). The van der Waals surface area contributed by atoms with Crippen molar-refractivity contribution < 1.29 is 21.9 Å². The largest absolute Gasteiger partial charge is 0.377 e. The molecule has 2 unspecified atom stereocenters. The quantitative estimate of drug-likeness (QED) is 0.441. The molecule has 0 aromatic heterocycles. The summed E-state index contributed by atoms with van der Waals surface area (Å²) in [5.74, 6) is -1.59. The van der Waals surface area contributed by atoms with Crippen molar-refractivity contribution in [2.75, 3.05) is 32.5 Å². The van der Waals surface area contributed by atoms with Crippen LogP contribution in [0.25, 0.3) is 0 Å². The van der Waals surface area contributed by atoms with Gasteiger partial charge in [0.2, 0.25) is 10.0 Å². The van der Waals surface area contributed by atoms with Crippen LogP contribution in [-0.2, 0) is 14.8 Å². The Kier molecular flexibility index (Phi) is 8.58. The molecular formula is C18H28F2N4O3S. The van der Waals surface area contributed by atoms with Gasteiger partial charge in [0, 0.05) is 26.7 Å². The van der Waals surface area contributed by atoms with E-state index in [0.717, 1.165) is 31.4 Å². The molecular weight excluding hydrogens is 390 g/mol. The molecule has 7 nitrogen and oxygen atoms in total. The number of aliphatic imine (C=N–C) groups is 1. The van der Waals surface area contributed by atoms with E-state index in [0.29, 0.717) is 18.1 Å². The highest BCUT2D eigenvalue weighted by molar-refractivity contribution is 7.89. The minimum atomic E-state index is -3.44. The van der Waals surface area contributed by atoms with Crippen LogP contribution in [0, 0.1) is 11.6 Å². The normalized spacial score (nSPS) is 19.3. The smallest absolute Gasteiger partial charge is 0.213 e. The number of benzene rings is 1. The molecule has 1 aliphatic rings. The summed E-state index contributed by atoms with van der Waals surface area (Å²) in [6, 6.07) is 3.31. The molecule has 0 aliphatic carbocycles. The van der Waals surface area contributed by atoms with Crippen molar-refractivity contribution in [1.82, 2.24) is 15.4 Å². The second-order valence-corrected chi connectivity index (χ2v) is 8.62. The number of nitrogens with zero attached hydrogens (tertiary/aromatic N) is 1. The van der Waals surface area contributed by atoms with Crippen LogP contribution < -0.4 is 15.4 Å². The van der Waals surface area contributed by atoms with E-state index >= 15 is 0 Å². The third kappa shape index (κ3) is 7.33.